The van der Waals surface area contributed by atoms with Crippen molar-refractivity contribution >= 4 is 11.5 Å². The summed E-state index contributed by atoms with van der Waals surface area (Å²) >= 11 is 0. The van der Waals surface area contributed by atoms with Gasteiger partial charge in [-0.05, 0) is 36.8 Å². The van der Waals surface area contributed by atoms with Crippen molar-refractivity contribution in [3.63, 3.8) is 0 Å². The van der Waals surface area contributed by atoms with Gasteiger partial charge in [-0.15, -0.1) is 0 Å². The van der Waals surface area contributed by atoms with Crippen LogP contribution in [0.15, 0.2) is 36.5 Å². The van der Waals surface area contributed by atoms with Gasteiger partial charge in [0.1, 0.15) is 17.7 Å². The van der Waals surface area contributed by atoms with Crippen LogP contribution in [0.3, 0.4) is 0 Å². The monoisotopic (exact) mass is 371 g/mol. The fourth-order valence-electron chi connectivity index (χ4n) is 2.53. The van der Waals surface area contributed by atoms with Crippen molar-refractivity contribution in [3.8, 4) is 11.8 Å². The zero-order valence-electron chi connectivity index (χ0n) is 14.6. The zero-order valence-corrected chi connectivity index (χ0v) is 14.6. The number of ether oxygens (including phenoxy) is 2. The lowest BCUT2D eigenvalue weighted by Gasteiger charge is -2.26. The Morgan fingerprint density at radius 2 is 2.07 bits per heavy atom. The van der Waals surface area contributed by atoms with Crippen molar-refractivity contribution in [1.82, 2.24) is 19.7 Å². The summed E-state index contributed by atoms with van der Waals surface area (Å²) in [6.07, 6.45) is 1.68. The summed E-state index contributed by atoms with van der Waals surface area (Å²) in [6, 6.07) is 7.60. The number of nitrogens with one attached hydrogen (secondary N) is 1. The predicted molar refractivity (Wildman–Crippen MR) is 94.7 cm³/mol. The van der Waals surface area contributed by atoms with Crippen LogP contribution in [0.4, 0.5) is 15.9 Å². The predicted octanol–water partition coefficient (Wildman–Crippen LogP) is 2.12. The van der Waals surface area contributed by atoms with Crippen LogP contribution in [0, 0.1) is 12.7 Å². The average Bonchev–Trinajstić information content (AvgIpc) is 3.01. The van der Waals surface area contributed by atoms with Gasteiger partial charge in [-0.2, -0.15) is 15.1 Å². The minimum absolute atomic E-state index is 0.0567. The molecule has 0 atom stereocenters. The maximum atomic E-state index is 13.1. The number of aliphatic hydroxyl groups is 1. The molecule has 3 aromatic rings. The lowest BCUT2D eigenvalue weighted by molar-refractivity contribution is -0.0813. The summed E-state index contributed by atoms with van der Waals surface area (Å²) in [5.74, 6) is 0.818. The minimum Gasteiger partial charge on any atom is -0.469 e. The van der Waals surface area contributed by atoms with E-state index in [0.29, 0.717) is 42.2 Å². The maximum Gasteiger partial charge on any atom is 0.255 e. The normalized spacial score (nSPS) is 14.0. The van der Waals surface area contributed by atoms with Crippen LogP contribution >= 0.6 is 0 Å². The van der Waals surface area contributed by atoms with Gasteiger partial charge in [-0.1, -0.05) is 0 Å². The maximum absolute atomic E-state index is 13.1. The zero-order chi connectivity index (χ0) is 18.8. The summed E-state index contributed by atoms with van der Waals surface area (Å²) in [4.78, 5) is 8.85. The fourth-order valence-corrected chi connectivity index (χ4v) is 2.53. The Labute approximate surface area is 154 Å². The highest BCUT2D eigenvalue weighted by Crippen LogP contribution is 2.22. The molecule has 1 aromatic carbocycles. The molecule has 4 rings (SSSR count). The van der Waals surface area contributed by atoms with Crippen molar-refractivity contribution in [2.24, 2.45) is 0 Å². The molecule has 0 amide bonds. The molecule has 1 saturated heterocycles. The topological polar surface area (TPSA) is 94.3 Å². The fraction of sp³-hybridized carbons (Fsp3) is 0.278. The first-order chi connectivity index (χ1) is 13.1. The number of hydrogen-bond donors (Lipinski definition) is 2. The molecule has 2 N–H and O–H groups in total. The van der Waals surface area contributed by atoms with E-state index in [2.05, 4.69) is 20.4 Å². The van der Waals surface area contributed by atoms with E-state index in [1.165, 1.54) is 16.8 Å². The second-order valence-electron chi connectivity index (χ2n) is 6.16. The van der Waals surface area contributed by atoms with Gasteiger partial charge in [0.25, 0.3) is 5.95 Å². The number of aryl methyl sites for hydroxylation is 1. The van der Waals surface area contributed by atoms with E-state index in [-0.39, 0.29) is 18.5 Å². The van der Waals surface area contributed by atoms with Crippen LogP contribution in [-0.4, -0.2) is 44.2 Å². The van der Waals surface area contributed by atoms with Crippen molar-refractivity contribution < 1.29 is 19.0 Å². The van der Waals surface area contributed by atoms with Gasteiger partial charge >= 0.3 is 0 Å². The Kier molecular flexibility index (Phi) is 4.69. The Morgan fingerprint density at radius 1 is 1.30 bits per heavy atom. The highest BCUT2D eigenvalue weighted by molar-refractivity contribution is 5.57. The van der Waals surface area contributed by atoms with Crippen LogP contribution in [0.1, 0.15) is 11.3 Å². The first-order valence-electron chi connectivity index (χ1n) is 8.43. The van der Waals surface area contributed by atoms with Crippen molar-refractivity contribution in [2.75, 3.05) is 18.5 Å². The van der Waals surface area contributed by atoms with Crippen molar-refractivity contribution in [2.45, 2.75) is 19.6 Å². The molecular weight excluding hydrogens is 353 g/mol. The standard InChI is InChI=1S/C18H18FN5O3/c1-11-7-24(23-15(11)8-25)18-21-16(20-13-4-2-12(19)3-5-13)6-17(22-18)27-14-9-26-10-14/h2-7,14,25H,8-10H2,1H3,(H,20,21,22). The second kappa shape index (κ2) is 7.29. The van der Waals surface area contributed by atoms with E-state index in [9.17, 15) is 9.50 Å². The molecule has 0 bridgehead atoms. The number of hydrogen-bond acceptors (Lipinski definition) is 7. The van der Waals surface area contributed by atoms with Gasteiger partial charge in [0.2, 0.25) is 5.88 Å². The number of anilines is 2. The summed E-state index contributed by atoms with van der Waals surface area (Å²) in [5, 5.41) is 16.8. The third kappa shape index (κ3) is 3.88. The van der Waals surface area contributed by atoms with Crippen LogP contribution < -0.4 is 10.1 Å². The Hall–Kier alpha value is -3.04. The van der Waals surface area contributed by atoms with E-state index in [1.54, 1.807) is 24.4 Å². The van der Waals surface area contributed by atoms with Crippen molar-refractivity contribution in [1.29, 1.82) is 0 Å². The highest BCUT2D eigenvalue weighted by atomic mass is 19.1. The number of halogens is 1. The van der Waals surface area contributed by atoms with Gasteiger partial charge in [0, 0.05) is 18.0 Å². The quantitative estimate of drug-likeness (QED) is 0.685. The van der Waals surface area contributed by atoms with E-state index < -0.39 is 0 Å². The van der Waals surface area contributed by atoms with Gasteiger partial charge in [0.15, 0.2) is 0 Å². The van der Waals surface area contributed by atoms with E-state index in [0.717, 1.165) is 5.56 Å². The van der Waals surface area contributed by atoms with Crippen LogP contribution in [0.25, 0.3) is 5.95 Å². The number of aliphatic hydroxyl groups excluding tert-OH is 1. The molecule has 0 spiro atoms. The lowest BCUT2D eigenvalue weighted by Crippen LogP contribution is -2.38. The van der Waals surface area contributed by atoms with Gasteiger partial charge < -0.3 is 19.9 Å². The smallest absolute Gasteiger partial charge is 0.255 e. The van der Waals surface area contributed by atoms with Gasteiger partial charge in [0.05, 0.1) is 25.5 Å². The molecule has 0 aliphatic carbocycles. The summed E-state index contributed by atoms with van der Waals surface area (Å²) < 4.78 is 25.5. The number of benzene rings is 1. The van der Waals surface area contributed by atoms with Crippen LogP contribution in [0.2, 0.25) is 0 Å². The molecule has 0 saturated carbocycles. The first-order valence-corrected chi connectivity index (χ1v) is 8.43. The third-order valence-corrected chi connectivity index (χ3v) is 4.06. The molecule has 8 nitrogen and oxygen atoms in total. The molecule has 0 unspecified atom stereocenters. The molecule has 3 heterocycles. The third-order valence-electron chi connectivity index (χ3n) is 4.06. The SMILES string of the molecule is Cc1cn(-c2nc(Nc3ccc(F)cc3)cc(OC3COC3)n2)nc1CO. The molecule has 2 aromatic heterocycles. The highest BCUT2D eigenvalue weighted by Gasteiger charge is 2.22. The van der Waals surface area contributed by atoms with Crippen LogP contribution in [0.5, 0.6) is 5.88 Å². The van der Waals surface area contributed by atoms with Crippen molar-refractivity contribution in [3.05, 3.63) is 53.6 Å². The minimum atomic E-state index is -0.318. The Balaban J connectivity index is 1.68. The summed E-state index contributed by atoms with van der Waals surface area (Å²) in [7, 11) is 0. The Morgan fingerprint density at radius 3 is 2.70 bits per heavy atom. The average molecular weight is 371 g/mol. The molecule has 140 valence electrons. The first kappa shape index (κ1) is 17.4. The van der Waals surface area contributed by atoms with E-state index >= 15 is 0 Å². The molecule has 27 heavy (non-hydrogen) atoms. The molecule has 1 fully saturated rings. The molecule has 0 radical (unpaired) electrons. The Bertz CT molecular complexity index is 941. The lowest BCUT2D eigenvalue weighted by atomic mass is 10.3. The molecule has 1 aliphatic rings. The second-order valence-corrected chi connectivity index (χ2v) is 6.16. The summed E-state index contributed by atoms with van der Waals surface area (Å²) in [6.45, 7) is 2.69. The van der Waals surface area contributed by atoms with Gasteiger partial charge in [-0.3, -0.25) is 0 Å². The number of aromatic nitrogens is 4. The molecule has 9 heteroatoms. The number of rotatable bonds is 6. The number of nitrogens with zero attached hydrogens (tertiary/aromatic N) is 4. The summed E-state index contributed by atoms with van der Waals surface area (Å²) in [5.41, 5.74) is 2.05. The molecule has 1 aliphatic heterocycles. The van der Waals surface area contributed by atoms with Gasteiger partial charge in [-0.25, -0.2) is 9.07 Å². The van der Waals surface area contributed by atoms with E-state index in [1.807, 2.05) is 6.92 Å². The largest absolute Gasteiger partial charge is 0.469 e. The molecular formula is C18H18FN5O3. The van der Waals surface area contributed by atoms with E-state index in [4.69, 9.17) is 9.47 Å². The van der Waals surface area contributed by atoms with Crippen LogP contribution in [-0.2, 0) is 11.3 Å².